The summed E-state index contributed by atoms with van der Waals surface area (Å²) >= 11 is 0. The van der Waals surface area contributed by atoms with E-state index in [1.165, 1.54) is 0 Å². The average Bonchev–Trinajstić information content (AvgIpc) is 2.46. The Bertz CT molecular complexity index is 577. The van der Waals surface area contributed by atoms with Crippen molar-refractivity contribution < 1.29 is 23.4 Å². The summed E-state index contributed by atoms with van der Waals surface area (Å²) in [6, 6.07) is 1.47. The quantitative estimate of drug-likeness (QED) is 0.513. The van der Waals surface area contributed by atoms with E-state index >= 15 is 0 Å². The molecule has 1 aromatic carbocycles. The van der Waals surface area contributed by atoms with Gasteiger partial charge in [0.05, 0.1) is 0 Å². The van der Waals surface area contributed by atoms with E-state index in [0.29, 0.717) is 32.1 Å². The van der Waals surface area contributed by atoms with Crippen molar-refractivity contribution in [2.45, 2.75) is 24.8 Å². The summed E-state index contributed by atoms with van der Waals surface area (Å²) in [7, 11) is 0. The second-order valence-electron chi connectivity index (χ2n) is 5.17. The number of benzene rings is 1. The minimum Gasteiger partial charge on any atom is -0.481 e. The number of nitrogens with zero attached hydrogens (tertiary/aromatic N) is 3. The maximum atomic E-state index is 13.5. The SMILES string of the molecule is [N-]=[N+]=N[C@H](C(=O)O)[C@@H](c1cc(F)cc(F)c1)C1CCOCC1. The monoisotopic (exact) mass is 311 g/mol. The van der Waals surface area contributed by atoms with Gasteiger partial charge in [-0.1, -0.05) is 5.11 Å². The Hall–Kier alpha value is -2.18. The van der Waals surface area contributed by atoms with Gasteiger partial charge in [-0.2, -0.15) is 0 Å². The molecule has 1 fully saturated rings. The third-order valence-electron chi connectivity index (χ3n) is 3.81. The van der Waals surface area contributed by atoms with Crippen LogP contribution in [0.1, 0.15) is 24.3 Å². The largest absolute Gasteiger partial charge is 0.481 e. The molecule has 0 aromatic heterocycles. The zero-order chi connectivity index (χ0) is 16.1. The third kappa shape index (κ3) is 3.72. The molecule has 0 aliphatic carbocycles. The fourth-order valence-electron chi connectivity index (χ4n) is 2.89. The number of carboxylic acids is 1. The van der Waals surface area contributed by atoms with Crippen molar-refractivity contribution in [1.82, 2.24) is 0 Å². The smallest absolute Gasteiger partial charge is 0.313 e. The molecular formula is C14H15F2N3O3. The van der Waals surface area contributed by atoms with Gasteiger partial charge in [0.15, 0.2) is 0 Å². The van der Waals surface area contributed by atoms with Crippen LogP contribution in [0.2, 0.25) is 0 Å². The summed E-state index contributed by atoms with van der Waals surface area (Å²) in [6.07, 6.45) is 1.07. The highest BCUT2D eigenvalue weighted by Crippen LogP contribution is 2.37. The van der Waals surface area contributed by atoms with Crippen LogP contribution in [0.4, 0.5) is 8.78 Å². The predicted molar refractivity (Wildman–Crippen MR) is 73.2 cm³/mol. The van der Waals surface area contributed by atoms with Gasteiger partial charge >= 0.3 is 5.97 Å². The van der Waals surface area contributed by atoms with Crippen LogP contribution in [0.25, 0.3) is 10.4 Å². The van der Waals surface area contributed by atoms with Crippen LogP contribution in [-0.4, -0.2) is 30.3 Å². The van der Waals surface area contributed by atoms with Gasteiger partial charge in [0, 0.05) is 30.1 Å². The lowest BCUT2D eigenvalue weighted by Crippen LogP contribution is -2.34. The molecule has 1 heterocycles. The lowest BCUT2D eigenvalue weighted by Gasteiger charge is -2.32. The maximum Gasteiger partial charge on any atom is 0.313 e. The third-order valence-corrected chi connectivity index (χ3v) is 3.81. The molecule has 1 aromatic rings. The summed E-state index contributed by atoms with van der Waals surface area (Å²) in [6.45, 7) is 0.864. The highest BCUT2D eigenvalue weighted by molar-refractivity contribution is 5.75. The zero-order valence-electron chi connectivity index (χ0n) is 11.7. The summed E-state index contributed by atoms with van der Waals surface area (Å²) in [4.78, 5) is 14.0. The van der Waals surface area contributed by atoms with Crippen LogP contribution in [0.3, 0.4) is 0 Å². The van der Waals surface area contributed by atoms with Gasteiger partial charge < -0.3 is 9.84 Å². The Morgan fingerprint density at radius 3 is 2.41 bits per heavy atom. The fraction of sp³-hybridized carbons (Fsp3) is 0.500. The first-order valence-corrected chi connectivity index (χ1v) is 6.83. The van der Waals surface area contributed by atoms with E-state index in [1.54, 1.807) is 0 Å². The first-order chi connectivity index (χ1) is 10.5. The second-order valence-corrected chi connectivity index (χ2v) is 5.17. The summed E-state index contributed by atoms with van der Waals surface area (Å²) in [5, 5.41) is 12.7. The highest BCUT2D eigenvalue weighted by Gasteiger charge is 2.36. The van der Waals surface area contributed by atoms with Crippen LogP contribution in [0, 0.1) is 17.6 Å². The number of carboxylic acid groups (broad SMARTS) is 1. The predicted octanol–water partition coefficient (Wildman–Crippen LogP) is 3.24. The van der Waals surface area contributed by atoms with Crippen LogP contribution in [-0.2, 0) is 9.53 Å². The minimum atomic E-state index is -1.42. The Balaban J connectivity index is 2.47. The zero-order valence-corrected chi connectivity index (χ0v) is 11.7. The molecule has 22 heavy (non-hydrogen) atoms. The molecule has 1 saturated heterocycles. The highest BCUT2D eigenvalue weighted by atomic mass is 19.1. The first kappa shape index (κ1) is 16.2. The Kier molecular flexibility index (Phi) is 5.30. The van der Waals surface area contributed by atoms with Crippen molar-refractivity contribution in [2.24, 2.45) is 11.0 Å². The van der Waals surface area contributed by atoms with Crippen molar-refractivity contribution >= 4 is 5.97 Å². The Labute approximate surface area is 125 Å². The van der Waals surface area contributed by atoms with Crippen molar-refractivity contribution in [2.75, 3.05) is 13.2 Å². The van der Waals surface area contributed by atoms with E-state index in [2.05, 4.69) is 10.0 Å². The molecule has 1 aliphatic heterocycles. The number of aliphatic carboxylic acids is 1. The molecule has 118 valence electrons. The molecule has 2 rings (SSSR count). The van der Waals surface area contributed by atoms with Crippen molar-refractivity contribution in [3.63, 3.8) is 0 Å². The van der Waals surface area contributed by atoms with Gasteiger partial charge in [-0.05, 0) is 42.0 Å². The summed E-state index contributed by atoms with van der Waals surface area (Å²) in [5.41, 5.74) is 8.80. The number of carbonyl (C=O) groups is 1. The number of hydrogen-bond acceptors (Lipinski definition) is 3. The number of rotatable bonds is 5. The molecule has 6 nitrogen and oxygen atoms in total. The summed E-state index contributed by atoms with van der Waals surface area (Å²) < 4.78 is 32.2. The lowest BCUT2D eigenvalue weighted by atomic mass is 9.77. The Morgan fingerprint density at radius 2 is 1.91 bits per heavy atom. The van der Waals surface area contributed by atoms with Crippen LogP contribution < -0.4 is 0 Å². The Morgan fingerprint density at radius 1 is 1.32 bits per heavy atom. The summed E-state index contributed by atoms with van der Waals surface area (Å²) in [5.74, 6) is -3.91. The van der Waals surface area contributed by atoms with Crippen LogP contribution in [0.15, 0.2) is 23.3 Å². The van der Waals surface area contributed by atoms with Gasteiger partial charge in [-0.3, -0.25) is 4.79 Å². The molecule has 1 aliphatic rings. The normalized spacial score (nSPS) is 18.3. The molecule has 0 saturated carbocycles. The topological polar surface area (TPSA) is 95.3 Å². The molecule has 0 unspecified atom stereocenters. The molecule has 2 atom stereocenters. The van der Waals surface area contributed by atoms with Crippen molar-refractivity contribution in [3.05, 3.63) is 45.8 Å². The van der Waals surface area contributed by atoms with Gasteiger partial charge in [0.1, 0.15) is 17.7 Å². The molecule has 0 amide bonds. The second kappa shape index (κ2) is 7.20. The van der Waals surface area contributed by atoms with E-state index in [9.17, 15) is 18.7 Å². The maximum absolute atomic E-state index is 13.5. The van der Waals surface area contributed by atoms with E-state index in [-0.39, 0.29) is 11.5 Å². The molecule has 1 N–H and O–H groups in total. The first-order valence-electron chi connectivity index (χ1n) is 6.83. The van der Waals surface area contributed by atoms with Crippen LogP contribution >= 0.6 is 0 Å². The van der Waals surface area contributed by atoms with Crippen molar-refractivity contribution in [3.8, 4) is 0 Å². The van der Waals surface area contributed by atoms with Crippen LogP contribution in [0.5, 0.6) is 0 Å². The number of halogens is 2. The average molecular weight is 311 g/mol. The molecule has 0 radical (unpaired) electrons. The van der Waals surface area contributed by atoms with E-state index < -0.39 is 29.6 Å². The van der Waals surface area contributed by atoms with Crippen molar-refractivity contribution in [1.29, 1.82) is 0 Å². The lowest BCUT2D eigenvalue weighted by molar-refractivity contribution is -0.139. The van der Waals surface area contributed by atoms with Gasteiger partial charge in [-0.25, -0.2) is 8.78 Å². The van der Waals surface area contributed by atoms with Gasteiger partial charge in [-0.15, -0.1) is 0 Å². The molecule has 0 bridgehead atoms. The number of azide groups is 1. The molecular weight excluding hydrogens is 296 g/mol. The number of hydrogen-bond donors (Lipinski definition) is 1. The molecule has 8 heteroatoms. The van der Waals surface area contributed by atoms with E-state index in [4.69, 9.17) is 10.3 Å². The standard InChI is InChI=1S/C14H15F2N3O3/c15-10-5-9(6-11(16)7-10)12(8-1-3-22-4-2-8)13(14(20)21)18-19-17/h5-8,12-13H,1-4H2,(H,20,21)/t12-,13+/m1/s1. The minimum absolute atomic E-state index is 0.184. The van der Waals surface area contributed by atoms with Gasteiger partial charge in [0.25, 0.3) is 0 Å². The van der Waals surface area contributed by atoms with E-state index in [1.807, 2.05) is 0 Å². The van der Waals surface area contributed by atoms with Gasteiger partial charge in [0.2, 0.25) is 0 Å². The van der Waals surface area contributed by atoms with E-state index in [0.717, 1.165) is 12.1 Å². The fourth-order valence-corrected chi connectivity index (χ4v) is 2.89. The molecule has 0 spiro atoms. The number of ether oxygens (including phenoxy) is 1.